The number of ether oxygens (including phenoxy) is 1. The smallest absolute Gasteiger partial charge is 0.336 e. The topological polar surface area (TPSA) is 75.7 Å². The molecule has 1 heterocycles. The molecule has 2 aromatic rings. The van der Waals surface area contributed by atoms with Crippen LogP contribution >= 0.6 is 0 Å². The van der Waals surface area contributed by atoms with Crippen LogP contribution in [0, 0.1) is 0 Å². The van der Waals surface area contributed by atoms with Crippen LogP contribution in [0.1, 0.15) is 61.5 Å². The predicted molar refractivity (Wildman–Crippen MR) is 123 cm³/mol. The Labute approximate surface area is 189 Å². The van der Waals surface area contributed by atoms with Gasteiger partial charge in [-0.05, 0) is 51.0 Å². The third-order valence-corrected chi connectivity index (χ3v) is 5.50. The molecule has 1 aliphatic heterocycles. The van der Waals surface area contributed by atoms with Crippen molar-refractivity contribution in [3.63, 3.8) is 0 Å². The predicted octanol–water partition coefficient (Wildman–Crippen LogP) is 4.18. The van der Waals surface area contributed by atoms with Crippen molar-refractivity contribution in [3.8, 4) is 0 Å². The van der Waals surface area contributed by atoms with Gasteiger partial charge < -0.3 is 15.0 Å². The summed E-state index contributed by atoms with van der Waals surface area (Å²) in [4.78, 5) is 39.7. The van der Waals surface area contributed by atoms with Gasteiger partial charge >= 0.3 is 5.97 Å². The molecule has 3 rings (SSSR count). The van der Waals surface area contributed by atoms with Crippen molar-refractivity contribution >= 4 is 17.8 Å². The van der Waals surface area contributed by atoms with Crippen molar-refractivity contribution < 1.29 is 19.1 Å². The van der Waals surface area contributed by atoms with Gasteiger partial charge in [0.1, 0.15) is 0 Å². The Hall–Kier alpha value is -3.41. The third-order valence-electron chi connectivity index (χ3n) is 5.50. The zero-order valence-electron chi connectivity index (χ0n) is 19.1. The van der Waals surface area contributed by atoms with Gasteiger partial charge in [0.25, 0.3) is 5.91 Å². The van der Waals surface area contributed by atoms with Crippen LogP contribution in [-0.2, 0) is 20.9 Å². The van der Waals surface area contributed by atoms with Crippen LogP contribution in [0.5, 0.6) is 0 Å². The summed E-state index contributed by atoms with van der Waals surface area (Å²) in [5.74, 6) is -0.906. The summed E-state index contributed by atoms with van der Waals surface area (Å²) in [5, 5.41) is 2.86. The molecule has 1 N–H and O–H groups in total. The van der Waals surface area contributed by atoms with Gasteiger partial charge in [0.05, 0.1) is 18.7 Å². The molecule has 1 atom stereocenters. The third kappa shape index (κ3) is 5.25. The highest BCUT2D eigenvalue weighted by Crippen LogP contribution is 2.37. The molecule has 0 radical (unpaired) electrons. The van der Waals surface area contributed by atoms with Gasteiger partial charge in [-0.3, -0.25) is 9.59 Å². The zero-order valence-corrected chi connectivity index (χ0v) is 19.1. The van der Waals surface area contributed by atoms with E-state index in [9.17, 15) is 14.4 Å². The lowest BCUT2D eigenvalue weighted by Gasteiger charge is -2.34. The van der Waals surface area contributed by atoms with Crippen molar-refractivity contribution in [3.05, 3.63) is 82.6 Å². The molecule has 0 saturated carbocycles. The molecule has 6 heteroatoms. The van der Waals surface area contributed by atoms with Crippen molar-refractivity contribution in [1.29, 1.82) is 0 Å². The van der Waals surface area contributed by atoms with Crippen LogP contribution in [0.4, 0.5) is 0 Å². The lowest BCUT2D eigenvalue weighted by atomic mass is 9.83. The Morgan fingerprint density at radius 1 is 1.09 bits per heavy atom. The van der Waals surface area contributed by atoms with Crippen molar-refractivity contribution in [2.45, 2.75) is 52.6 Å². The normalized spacial score (nSPS) is 16.3. The molecule has 2 aromatic carbocycles. The molecule has 32 heavy (non-hydrogen) atoms. The molecule has 2 amide bonds. The highest BCUT2D eigenvalue weighted by Gasteiger charge is 2.36. The molecule has 0 bridgehead atoms. The zero-order chi connectivity index (χ0) is 23.3. The lowest BCUT2D eigenvalue weighted by Crippen LogP contribution is -2.38. The Balaban J connectivity index is 1.89. The first kappa shape index (κ1) is 23.3. The van der Waals surface area contributed by atoms with Gasteiger partial charge in [-0.2, -0.15) is 0 Å². The maximum atomic E-state index is 13.1. The highest BCUT2D eigenvalue weighted by molar-refractivity contribution is 5.96. The summed E-state index contributed by atoms with van der Waals surface area (Å²) in [6.07, 6.45) is 0.199. The van der Waals surface area contributed by atoms with Crippen molar-refractivity contribution in [1.82, 2.24) is 10.2 Å². The summed E-state index contributed by atoms with van der Waals surface area (Å²) in [5.41, 5.74) is 3.49. The second-order valence-corrected chi connectivity index (χ2v) is 8.19. The van der Waals surface area contributed by atoms with Crippen LogP contribution < -0.4 is 5.32 Å². The number of rotatable bonds is 7. The van der Waals surface area contributed by atoms with E-state index in [2.05, 4.69) is 5.32 Å². The van der Waals surface area contributed by atoms with E-state index in [-0.39, 0.29) is 36.8 Å². The number of hydrogen-bond donors (Lipinski definition) is 1. The first-order valence-electron chi connectivity index (χ1n) is 10.9. The molecule has 0 fully saturated rings. The average Bonchev–Trinajstić information content (AvgIpc) is 2.77. The minimum absolute atomic E-state index is 0.0500. The standard InChI is InChI=1S/C26H30N2O4/c1-5-32-26(31)24-18(4)28(23(29)15-22(24)20-9-7-6-8-10-20)16-19-11-13-21(14-12-19)25(30)27-17(2)3/h6-14,17,22H,5,15-16H2,1-4H3,(H,27,30). The molecule has 1 aliphatic rings. The SMILES string of the molecule is CCOC(=O)C1=C(C)N(Cc2ccc(C(=O)NC(C)C)cc2)C(=O)CC1c1ccccc1. The van der Waals surface area contributed by atoms with Crippen molar-refractivity contribution in [2.24, 2.45) is 0 Å². The van der Waals surface area contributed by atoms with Crippen LogP contribution in [0.3, 0.4) is 0 Å². The number of benzene rings is 2. The van der Waals surface area contributed by atoms with Crippen LogP contribution in [-0.4, -0.2) is 35.3 Å². The van der Waals surface area contributed by atoms with Gasteiger partial charge in [-0.1, -0.05) is 42.5 Å². The summed E-state index contributed by atoms with van der Waals surface area (Å²) >= 11 is 0. The lowest BCUT2D eigenvalue weighted by molar-refractivity contribution is -0.140. The number of nitrogens with zero attached hydrogens (tertiary/aromatic N) is 1. The first-order chi connectivity index (χ1) is 15.3. The number of carbonyl (C=O) groups excluding carboxylic acids is 3. The molecule has 0 saturated heterocycles. The quantitative estimate of drug-likeness (QED) is 0.664. The molecule has 0 aliphatic carbocycles. The van der Waals surface area contributed by atoms with Crippen LogP contribution in [0.15, 0.2) is 65.9 Å². The average molecular weight is 435 g/mol. The fraction of sp³-hybridized carbons (Fsp3) is 0.346. The molecular formula is C26H30N2O4. The van der Waals surface area contributed by atoms with E-state index in [0.29, 0.717) is 23.4 Å². The minimum atomic E-state index is -0.392. The molecule has 0 aromatic heterocycles. The Kier molecular flexibility index (Phi) is 7.46. The number of carbonyl (C=O) groups is 3. The van der Waals surface area contributed by atoms with E-state index in [1.54, 1.807) is 30.9 Å². The molecule has 6 nitrogen and oxygen atoms in total. The van der Waals surface area contributed by atoms with Gasteiger partial charge in [-0.15, -0.1) is 0 Å². The van der Waals surface area contributed by atoms with E-state index in [4.69, 9.17) is 4.74 Å². The number of nitrogens with one attached hydrogen (secondary N) is 1. The van der Waals surface area contributed by atoms with E-state index < -0.39 is 5.97 Å². The monoisotopic (exact) mass is 434 g/mol. The number of amides is 2. The molecular weight excluding hydrogens is 404 g/mol. The second kappa shape index (κ2) is 10.3. The van der Waals surface area contributed by atoms with Crippen LogP contribution in [0.2, 0.25) is 0 Å². The summed E-state index contributed by atoms with van der Waals surface area (Å²) < 4.78 is 5.33. The van der Waals surface area contributed by atoms with Gasteiger partial charge in [-0.25, -0.2) is 4.79 Å². The van der Waals surface area contributed by atoms with E-state index in [0.717, 1.165) is 11.1 Å². The van der Waals surface area contributed by atoms with Crippen molar-refractivity contribution in [2.75, 3.05) is 6.61 Å². The second-order valence-electron chi connectivity index (χ2n) is 8.19. The molecule has 0 spiro atoms. The summed E-state index contributed by atoms with van der Waals surface area (Å²) in [7, 11) is 0. The summed E-state index contributed by atoms with van der Waals surface area (Å²) in [6.45, 7) is 7.98. The van der Waals surface area contributed by atoms with Gasteiger partial charge in [0.15, 0.2) is 0 Å². The number of hydrogen-bond acceptors (Lipinski definition) is 4. The fourth-order valence-electron chi connectivity index (χ4n) is 3.94. The Morgan fingerprint density at radius 3 is 2.34 bits per heavy atom. The van der Waals surface area contributed by atoms with Crippen LogP contribution in [0.25, 0.3) is 0 Å². The maximum Gasteiger partial charge on any atom is 0.336 e. The highest BCUT2D eigenvalue weighted by atomic mass is 16.5. The fourth-order valence-corrected chi connectivity index (χ4v) is 3.94. The largest absolute Gasteiger partial charge is 0.463 e. The van der Waals surface area contributed by atoms with E-state index in [1.165, 1.54) is 0 Å². The molecule has 168 valence electrons. The van der Waals surface area contributed by atoms with E-state index >= 15 is 0 Å². The Bertz CT molecular complexity index is 1010. The Morgan fingerprint density at radius 2 is 1.75 bits per heavy atom. The number of allylic oxidation sites excluding steroid dienone is 1. The maximum absolute atomic E-state index is 13.1. The summed E-state index contributed by atoms with van der Waals surface area (Å²) in [6, 6.07) is 16.8. The first-order valence-corrected chi connectivity index (χ1v) is 10.9. The molecule has 1 unspecified atom stereocenters. The number of esters is 1. The van der Waals surface area contributed by atoms with Gasteiger partial charge in [0, 0.05) is 29.6 Å². The van der Waals surface area contributed by atoms with Gasteiger partial charge in [0.2, 0.25) is 5.91 Å². The van der Waals surface area contributed by atoms with E-state index in [1.807, 2.05) is 56.3 Å². The minimum Gasteiger partial charge on any atom is -0.463 e.